The van der Waals surface area contributed by atoms with E-state index in [-0.39, 0.29) is 44.7 Å². The van der Waals surface area contributed by atoms with E-state index >= 15 is 0 Å². The standard InChI is InChI=1S/C24H13ClF2N10O12S3.C21H18N2O12S3/c25-16-19(26)29-23(27)30-20(16)28-7-3-9-12(50(41,42)43)6-11-17(15(9)14(4-7)52(47,48)49)36-37(35-11)8-1-2-10(13(5-8)51(44,45)46)33-34-18-21(38)31-24(40)32-22(18)39;1-34-15-6-5-11(9-16(15)36(26,27)8-7-35-38(31,32)33)23-20(24)13-4-2-3-12-18(13)14(21(23)25)10-17(19(12)22)37(28,29)30/h1-6H,(H,28,29,30)(H,41,42,43)(H,44,45,46)(H,47,48,49)(H3,31,32,38,39,40);2-6,9-10H,7-8,22H2,1H3,(H,28,29,30)(H,31,32,33). The van der Waals surface area contributed by atoms with E-state index in [2.05, 4.69) is 49.9 Å². The molecule has 1 aliphatic heterocycles. The molecule has 0 aliphatic carbocycles. The minimum absolute atomic E-state index is 0.0332. The van der Waals surface area contributed by atoms with E-state index in [1.807, 2.05) is 0 Å². The van der Waals surface area contributed by atoms with E-state index in [0.717, 1.165) is 55.6 Å². The number of nitrogens with one attached hydrogen (secondary N) is 1. The van der Waals surface area contributed by atoms with Gasteiger partial charge in [-0.05, 0) is 66.7 Å². The molecule has 0 unspecified atom stereocenters. The summed E-state index contributed by atoms with van der Waals surface area (Å²) in [6.45, 7) is -0.939. The van der Waals surface area contributed by atoms with Crippen LogP contribution in [0.5, 0.6) is 23.5 Å². The maximum atomic E-state index is 13.9. The Morgan fingerprint density at radius 3 is 1.87 bits per heavy atom. The van der Waals surface area contributed by atoms with Crippen LogP contribution in [0, 0.1) is 12.0 Å². The second-order valence-corrected chi connectivity index (χ2v) is 27.0. The number of fused-ring (bicyclic) bond motifs is 3. The summed E-state index contributed by atoms with van der Waals surface area (Å²) >= 11 is 5.77. The Hall–Kier alpha value is -9.45. The fourth-order valence-electron chi connectivity index (χ4n) is 8.61. The van der Waals surface area contributed by atoms with Crippen LogP contribution >= 0.6 is 11.6 Å². The number of nitrogens with two attached hydrogens (primary N) is 1. The van der Waals surface area contributed by atoms with Gasteiger partial charge in [0.05, 0.1) is 42.1 Å². The maximum absolute atomic E-state index is 13.9. The van der Waals surface area contributed by atoms with Crippen molar-refractivity contribution >= 4 is 151 Å². The number of nitrogen functional groups attached to an aromatic ring is 1. The molecule has 1 aliphatic rings. The number of sulfone groups is 1. The van der Waals surface area contributed by atoms with Crippen LogP contribution in [0.2, 0.25) is 5.02 Å². The molecule has 6 aromatic carbocycles. The highest BCUT2D eigenvalue weighted by molar-refractivity contribution is 7.91. The quantitative estimate of drug-likeness (QED) is 0.0162. The van der Waals surface area contributed by atoms with Gasteiger partial charge in [-0.25, -0.2) is 17.5 Å². The number of aromatic hydroxyl groups is 3. The van der Waals surface area contributed by atoms with Gasteiger partial charge in [0.2, 0.25) is 23.4 Å². The van der Waals surface area contributed by atoms with Gasteiger partial charge < -0.3 is 31.1 Å². The zero-order valence-corrected chi connectivity index (χ0v) is 49.3. The minimum atomic E-state index is -5.35. The largest absolute Gasteiger partial charge is 0.495 e. The molecule has 10 rings (SSSR count). The molecule has 0 atom stereocenters. The molecule has 0 fully saturated rings. The molecule has 45 heteroatoms. The molecular formula is C45H31ClF2N12O24S6. The van der Waals surface area contributed by atoms with Crippen LogP contribution in [0.1, 0.15) is 20.7 Å². The third kappa shape index (κ3) is 12.9. The van der Waals surface area contributed by atoms with Crippen molar-refractivity contribution in [1.82, 2.24) is 34.9 Å². The number of hydrogen-bond donors (Lipinski definition) is 10. The molecule has 0 bridgehead atoms. The first-order chi connectivity index (χ1) is 41.7. The van der Waals surface area contributed by atoms with E-state index in [9.17, 15) is 102 Å². The van der Waals surface area contributed by atoms with E-state index in [1.54, 1.807) is 0 Å². The van der Waals surface area contributed by atoms with Crippen molar-refractivity contribution in [3.8, 4) is 29.2 Å². The summed E-state index contributed by atoms with van der Waals surface area (Å²) in [6.07, 6.45) is -1.60. The van der Waals surface area contributed by atoms with Crippen LogP contribution in [0.4, 0.5) is 43.0 Å². The average Bonchev–Trinajstić information content (AvgIpc) is 1.03. The molecule has 472 valence electrons. The van der Waals surface area contributed by atoms with Gasteiger partial charge in [0.25, 0.3) is 52.3 Å². The van der Waals surface area contributed by atoms with Gasteiger partial charge in [0.15, 0.2) is 15.7 Å². The molecular weight excluding hydrogens is 1360 g/mol. The van der Waals surface area contributed by atoms with E-state index < -0.39 is 189 Å². The van der Waals surface area contributed by atoms with Crippen LogP contribution in [0.15, 0.2) is 114 Å². The number of carbonyl (C=O) groups is 2. The van der Waals surface area contributed by atoms with Crippen molar-refractivity contribution in [3.63, 3.8) is 0 Å². The highest BCUT2D eigenvalue weighted by Gasteiger charge is 2.38. The van der Waals surface area contributed by atoms with Crippen LogP contribution in [0.3, 0.4) is 0 Å². The first-order valence-electron chi connectivity index (χ1n) is 23.4. The first kappa shape index (κ1) is 65.0. The molecule has 4 heterocycles. The summed E-state index contributed by atoms with van der Waals surface area (Å²) in [4.78, 5) is 36.1. The van der Waals surface area contributed by atoms with Gasteiger partial charge in [-0.1, -0.05) is 23.7 Å². The first-order valence-corrected chi connectivity index (χ1v) is 32.6. The fourth-order valence-corrected chi connectivity index (χ4v) is 13.2. The topological polar surface area (TPSA) is 568 Å². The monoisotopic (exact) mass is 1390 g/mol. The fraction of sp³-hybridized carbons (Fsp3) is 0.0667. The predicted octanol–water partition coefficient (Wildman–Crippen LogP) is 4.17. The number of halogens is 3. The Labute approximate surface area is 505 Å². The summed E-state index contributed by atoms with van der Waals surface area (Å²) in [5.41, 5.74) is 1.77. The smallest absolute Gasteiger partial charge is 0.397 e. The minimum Gasteiger partial charge on any atom is -0.495 e. The molecule has 11 N–H and O–H groups in total. The second kappa shape index (κ2) is 23.2. The van der Waals surface area contributed by atoms with Crippen LogP contribution in [0.25, 0.3) is 38.3 Å². The summed E-state index contributed by atoms with van der Waals surface area (Å²) < 4.78 is 231. The number of benzene rings is 6. The number of amides is 2. The second-order valence-electron chi connectivity index (χ2n) is 17.9. The van der Waals surface area contributed by atoms with Gasteiger partial charge in [-0.2, -0.15) is 75.6 Å². The number of rotatable bonds is 16. The van der Waals surface area contributed by atoms with Crippen molar-refractivity contribution in [2.24, 2.45) is 10.2 Å². The Morgan fingerprint density at radius 1 is 0.644 bits per heavy atom. The summed E-state index contributed by atoms with van der Waals surface area (Å²) in [7, 11) is -28.8. The molecule has 2 amide bonds. The van der Waals surface area contributed by atoms with Gasteiger partial charge in [0, 0.05) is 32.8 Å². The van der Waals surface area contributed by atoms with Crippen molar-refractivity contribution < 1.29 is 116 Å². The number of nitrogens with zero attached hydrogens (tertiary/aromatic N) is 10. The third-order valence-electron chi connectivity index (χ3n) is 12.3. The number of methoxy groups -OCH3 is 1. The summed E-state index contributed by atoms with van der Waals surface area (Å²) in [5, 5.41) is 44.1. The Balaban J connectivity index is 0.000000224. The summed E-state index contributed by atoms with van der Waals surface area (Å²) in [6, 6.07) is 12.1. The van der Waals surface area contributed by atoms with Crippen LogP contribution in [-0.2, 0) is 64.9 Å². The van der Waals surface area contributed by atoms with Gasteiger partial charge in [-0.15, -0.1) is 20.4 Å². The lowest BCUT2D eigenvalue weighted by Gasteiger charge is -2.28. The third-order valence-corrected chi connectivity index (χ3v) is 18.3. The Morgan fingerprint density at radius 2 is 1.26 bits per heavy atom. The van der Waals surface area contributed by atoms with Crippen molar-refractivity contribution in [2.45, 2.75) is 24.5 Å². The lowest BCUT2D eigenvalue weighted by molar-refractivity contribution is 0.0892. The SMILES string of the molecule is COc1ccc(N2C(=O)c3cccc4c(N)c(S(=O)(=O)O)cc(c34)C2=O)cc1S(=O)(=O)CCOS(=O)(=O)O.O=S(=O)(O)c1cc(-n2nc3cc(S(=O)(=O)O)c4cc(Nc5nc(F)nc(F)c5Cl)cc(S(=O)(=O)O)c4c3n2)ccc1N=Nc1c(O)nc(O)nc1O. The van der Waals surface area contributed by atoms with Crippen molar-refractivity contribution in [3.05, 3.63) is 107 Å². The number of aromatic nitrogens is 7. The van der Waals surface area contributed by atoms with E-state index in [0.29, 0.717) is 15.8 Å². The number of azo groups is 1. The van der Waals surface area contributed by atoms with Crippen LogP contribution < -0.4 is 20.7 Å². The highest BCUT2D eigenvalue weighted by Crippen LogP contribution is 2.43. The lowest BCUT2D eigenvalue weighted by atomic mass is 9.92. The molecule has 90 heavy (non-hydrogen) atoms. The average molecular weight is 1390 g/mol. The van der Waals surface area contributed by atoms with Crippen molar-refractivity contribution in [1.29, 1.82) is 0 Å². The number of anilines is 4. The number of hydrogen-bond acceptors (Lipinski definition) is 29. The molecule has 9 aromatic rings. The Bertz CT molecular complexity index is 5380. The van der Waals surface area contributed by atoms with Gasteiger partial charge in [0.1, 0.15) is 52.0 Å². The molecule has 0 saturated carbocycles. The van der Waals surface area contributed by atoms with Crippen molar-refractivity contribution in [2.75, 3.05) is 35.4 Å². The molecule has 3 aromatic heterocycles. The molecule has 0 radical (unpaired) electrons. The van der Waals surface area contributed by atoms with Crippen LogP contribution in [-0.4, -0.2) is 155 Å². The predicted molar refractivity (Wildman–Crippen MR) is 299 cm³/mol. The van der Waals surface area contributed by atoms with E-state index in [1.165, 1.54) is 24.3 Å². The number of ether oxygens (including phenoxy) is 1. The number of carbonyl (C=O) groups excluding carboxylic acids is 2. The highest BCUT2D eigenvalue weighted by atomic mass is 35.5. The molecule has 0 spiro atoms. The van der Waals surface area contributed by atoms with E-state index in [4.69, 9.17) is 26.6 Å². The zero-order chi connectivity index (χ0) is 66.3. The molecule has 36 nitrogen and oxygen atoms in total. The number of imide groups is 1. The normalized spacial score (nSPS) is 13.3. The Kier molecular flexibility index (Phi) is 16.7. The lowest BCUT2D eigenvalue weighted by Crippen LogP contribution is -2.40. The van der Waals surface area contributed by atoms with Gasteiger partial charge in [-0.3, -0.25) is 32.4 Å². The summed E-state index contributed by atoms with van der Waals surface area (Å²) in [5.74, 6) is -7.44. The molecule has 0 saturated heterocycles. The zero-order valence-electron chi connectivity index (χ0n) is 43.7. The maximum Gasteiger partial charge on any atom is 0.397 e. The van der Waals surface area contributed by atoms with Gasteiger partial charge >= 0.3 is 22.5 Å².